The van der Waals surface area contributed by atoms with Crippen molar-refractivity contribution in [3.63, 3.8) is 0 Å². The first-order valence-electron chi connectivity index (χ1n) is 4.86. The molecular formula is C11H16ClNOS. The van der Waals surface area contributed by atoms with E-state index in [0.29, 0.717) is 0 Å². The van der Waals surface area contributed by atoms with Crippen LogP contribution in [0.2, 0.25) is 5.02 Å². The summed E-state index contributed by atoms with van der Waals surface area (Å²) in [6.07, 6.45) is 0. The number of nitrogens with one attached hydrogen (secondary N) is 1. The average Bonchev–Trinajstić information content (AvgIpc) is 2.27. The van der Waals surface area contributed by atoms with Gasteiger partial charge in [-0.15, -0.1) is 0 Å². The second-order valence-corrected chi connectivity index (χ2v) is 4.78. The largest absolute Gasteiger partial charge is 0.395 e. The molecule has 0 bridgehead atoms. The van der Waals surface area contributed by atoms with Gasteiger partial charge in [0.2, 0.25) is 0 Å². The lowest BCUT2D eigenvalue weighted by molar-refractivity contribution is 0.260. The molecule has 0 fully saturated rings. The molecule has 0 amide bonds. The quantitative estimate of drug-likeness (QED) is 0.806. The Labute approximate surface area is 100 Å². The highest BCUT2D eigenvalue weighted by atomic mass is 35.5. The van der Waals surface area contributed by atoms with Crippen molar-refractivity contribution in [2.75, 3.05) is 19.4 Å². The summed E-state index contributed by atoms with van der Waals surface area (Å²) in [7, 11) is 1.86. The minimum atomic E-state index is 0.183. The standard InChI is InChI=1S/C11H16ClNOS/c1-13-11(6-14)8-15-7-9-2-4-10(12)5-3-9/h2-5,11,13-14H,6-8H2,1H3. The third kappa shape index (κ3) is 4.89. The normalized spacial score (nSPS) is 12.7. The van der Waals surface area contributed by atoms with Crippen molar-refractivity contribution in [3.05, 3.63) is 34.9 Å². The molecule has 2 N–H and O–H groups in total. The van der Waals surface area contributed by atoms with E-state index in [0.717, 1.165) is 16.5 Å². The molecule has 4 heteroatoms. The zero-order valence-corrected chi connectivity index (χ0v) is 10.3. The highest BCUT2D eigenvalue weighted by molar-refractivity contribution is 7.98. The number of hydrogen-bond acceptors (Lipinski definition) is 3. The van der Waals surface area contributed by atoms with Crippen LogP contribution < -0.4 is 5.32 Å². The van der Waals surface area contributed by atoms with Crippen molar-refractivity contribution in [1.29, 1.82) is 0 Å². The molecule has 2 nitrogen and oxygen atoms in total. The summed E-state index contributed by atoms with van der Waals surface area (Å²) >= 11 is 7.60. The Hall–Kier alpha value is -0.220. The molecule has 84 valence electrons. The van der Waals surface area contributed by atoms with Gasteiger partial charge < -0.3 is 10.4 Å². The highest BCUT2D eigenvalue weighted by Gasteiger charge is 2.03. The van der Waals surface area contributed by atoms with E-state index in [1.807, 2.05) is 31.3 Å². The van der Waals surface area contributed by atoms with Crippen LogP contribution in [0.15, 0.2) is 24.3 Å². The Morgan fingerprint density at radius 2 is 2.07 bits per heavy atom. The molecule has 0 heterocycles. The van der Waals surface area contributed by atoms with Crippen LogP contribution in [-0.4, -0.2) is 30.6 Å². The van der Waals surface area contributed by atoms with E-state index in [1.165, 1.54) is 5.56 Å². The van der Waals surface area contributed by atoms with E-state index < -0.39 is 0 Å². The van der Waals surface area contributed by atoms with Gasteiger partial charge in [0, 0.05) is 22.6 Å². The lowest BCUT2D eigenvalue weighted by Crippen LogP contribution is -2.31. The van der Waals surface area contributed by atoms with Gasteiger partial charge in [0.05, 0.1) is 6.61 Å². The van der Waals surface area contributed by atoms with Crippen LogP contribution in [0.1, 0.15) is 5.56 Å². The molecule has 0 aromatic heterocycles. The zero-order chi connectivity index (χ0) is 11.1. The molecular weight excluding hydrogens is 230 g/mol. The van der Waals surface area contributed by atoms with Crippen LogP contribution >= 0.6 is 23.4 Å². The molecule has 1 aromatic rings. The number of thioether (sulfide) groups is 1. The number of benzene rings is 1. The van der Waals surface area contributed by atoms with E-state index in [1.54, 1.807) is 11.8 Å². The fraction of sp³-hybridized carbons (Fsp3) is 0.455. The monoisotopic (exact) mass is 245 g/mol. The summed E-state index contributed by atoms with van der Waals surface area (Å²) in [6, 6.07) is 8.05. The molecule has 0 saturated carbocycles. The molecule has 1 rings (SSSR count). The fourth-order valence-corrected chi connectivity index (χ4v) is 2.36. The van der Waals surface area contributed by atoms with Gasteiger partial charge in [0.25, 0.3) is 0 Å². The Bertz CT molecular complexity index is 274. The Kier molecular flexibility index (Phi) is 6.10. The van der Waals surface area contributed by atoms with Gasteiger partial charge in [-0.05, 0) is 24.7 Å². The number of aliphatic hydroxyl groups excluding tert-OH is 1. The molecule has 0 spiro atoms. The maximum Gasteiger partial charge on any atom is 0.0592 e. The van der Waals surface area contributed by atoms with Crippen molar-refractivity contribution >= 4 is 23.4 Å². The lowest BCUT2D eigenvalue weighted by Gasteiger charge is -2.12. The van der Waals surface area contributed by atoms with Crippen LogP contribution in [0.25, 0.3) is 0 Å². The van der Waals surface area contributed by atoms with Crippen molar-refractivity contribution in [2.45, 2.75) is 11.8 Å². The number of aliphatic hydroxyl groups is 1. The van der Waals surface area contributed by atoms with Crippen molar-refractivity contribution in [2.24, 2.45) is 0 Å². The summed E-state index contributed by atoms with van der Waals surface area (Å²) in [6.45, 7) is 0.185. The predicted octanol–water partition coefficient (Wildman–Crippen LogP) is 2.15. The maximum absolute atomic E-state index is 8.97. The summed E-state index contributed by atoms with van der Waals surface area (Å²) in [4.78, 5) is 0. The van der Waals surface area contributed by atoms with Gasteiger partial charge in [-0.1, -0.05) is 23.7 Å². The highest BCUT2D eigenvalue weighted by Crippen LogP contribution is 2.15. The first-order valence-corrected chi connectivity index (χ1v) is 6.40. The first kappa shape index (κ1) is 12.8. The zero-order valence-electron chi connectivity index (χ0n) is 8.74. The van der Waals surface area contributed by atoms with Crippen LogP contribution in [0.4, 0.5) is 0 Å². The van der Waals surface area contributed by atoms with E-state index in [-0.39, 0.29) is 12.6 Å². The molecule has 1 atom stereocenters. The van der Waals surface area contributed by atoms with E-state index in [2.05, 4.69) is 5.32 Å². The molecule has 0 saturated heterocycles. The van der Waals surface area contributed by atoms with Crippen LogP contribution in [-0.2, 0) is 5.75 Å². The first-order chi connectivity index (χ1) is 7.26. The molecule has 15 heavy (non-hydrogen) atoms. The van der Waals surface area contributed by atoms with Crippen LogP contribution in [0.3, 0.4) is 0 Å². The van der Waals surface area contributed by atoms with Gasteiger partial charge in [0.15, 0.2) is 0 Å². The minimum Gasteiger partial charge on any atom is -0.395 e. The molecule has 0 aliphatic carbocycles. The number of halogens is 1. The van der Waals surface area contributed by atoms with Gasteiger partial charge in [0.1, 0.15) is 0 Å². The van der Waals surface area contributed by atoms with Gasteiger partial charge in [-0.3, -0.25) is 0 Å². The summed E-state index contributed by atoms with van der Waals surface area (Å²) in [5, 5.41) is 12.8. The van der Waals surface area contributed by atoms with Crippen molar-refractivity contribution in [1.82, 2.24) is 5.32 Å². The maximum atomic E-state index is 8.97. The summed E-state index contributed by atoms with van der Waals surface area (Å²) in [5.41, 5.74) is 1.26. The third-order valence-corrected chi connectivity index (χ3v) is 3.56. The number of rotatable bonds is 6. The SMILES string of the molecule is CNC(CO)CSCc1ccc(Cl)cc1. The molecule has 0 aliphatic rings. The minimum absolute atomic E-state index is 0.183. The average molecular weight is 246 g/mol. The smallest absolute Gasteiger partial charge is 0.0592 e. The van der Waals surface area contributed by atoms with Crippen molar-refractivity contribution < 1.29 is 5.11 Å². The van der Waals surface area contributed by atoms with Crippen LogP contribution in [0.5, 0.6) is 0 Å². The Morgan fingerprint density at radius 3 is 2.60 bits per heavy atom. The lowest BCUT2D eigenvalue weighted by atomic mass is 10.2. The summed E-state index contributed by atoms with van der Waals surface area (Å²) < 4.78 is 0. The molecule has 1 aromatic carbocycles. The molecule has 1 unspecified atom stereocenters. The molecule has 0 radical (unpaired) electrons. The van der Waals surface area contributed by atoms with E-state index in [9.17, 15) is 0 Å². The second kappa shape index (κ2) is 7.12. The fourth-order valence-electron chi connectivity index (χ4n) is 1.13. The Morgan fingerprint density at radius 1 is 1.40 bits per heavy atom. The second-order valence-electron chi connectivity index (χ2n) is 3.31. The molecule has 0 aliphatic heterocycles. The van der Waals surface area contributed by atoms with Gasteiger partial charge >= 0.3 is 0 Å². The third-order valence-electron chi connectivity index (χ3n) is 2.13. The predicted molar refractivity (Wildman–Crippen MR) is 67.5 cm³/mol. The van der Waals surface area contributed by atoms with Crippen molar-refractivity contribution in [3.8, 4) is 0 Å². The van der Waals surface area contributed by atoms with Crippen LogP contribution in [0, 0.1) is 0 Å². The topological polar surface area (TPSA) is 32.3 Å². The number of hydrogen-bond donors (Lipinski definition) is 2. The Balaban J connectivity index is 2.28. The van der Waals surface area contributed by atoms with Gasteiger partial charge in [-0.2, -0.15) is 11.8 Å². The van der Waals surface area contributed by atoms with E-state index in [4.69, 9.17) is 16.7 Å². The van der Waals surface area contributed by atoms with E-state index >= 15 is 0 Å². The van der Waals surface area contributed by atoms with Gasteiger partial charge in [-0.25, -0.2) is 0 Å². The number of likely N-dealkylation sites (N-methyl/N-ethyl adjacent to an activating group) is 1. The summed E-state index contributed by atoms with van der Waals surface area (Å²) in [5.74, 6) is 1.87.